The van der Waals surface area contributed by atoms with Crippen LogP contribution in [0, 0.1) is 0 Å². The van der Waals surface area contributed by atoms with E-state index in [-0.39, 0.29) is 11.2 Å². The Morgan fingerprint density at radius 1 is 1.55 bits per heavy atom. The zero-order valence-corrected chi connectivity index (χ0v) is 7.81. The minimum Gasteiger partial charge on any atom is -0.370 e. The lowest BCUT2D eigenvalue weighted by molar-refractivity contribution is -0.120. The van der Waals surface area contributed by atoms with Crippen molar-refractivity contribution in [2.45, 2.75) is 44.8 Å². The van der Waals surface area contributed by atoms with E-state index in [1.807, 2.05) is 14.8 Å². The van der Waals surface area contributed by atoms with E-state index in [9.17, 15) is 4.79 Å². The molecule has 0 aliphatic heterocycles. The topological polar surface area (TPSA) is 43.1 Å². The van der Waals surface area contributed by atoms with Gasteiger partial charge in [-0.3, -0.25) is 4.79 Å². The number of hydrogen-bond acceptors (Lipinski definition) is 1. The van der Waals surface area contributed by atoms with Crippen LogP contribution in [0.1, 0.15) is 39.5 Å². The second-order valence-corrected chi connectivity index (χ2v) is 3.71. The molecule has 1 atom stereocenters. The number of unbranched alkanes of at least 4 members (excludes halogenated alkanes) is 2. The maximum Gasteiger partial charge on any atom is 0.215 e. The molecule has 0 rings (SSSR count). The minimum absolute atomic E-state index is 0.186. The number of hydrogen-bond donors (Lipinski definition) is 1. The van der Waals surface area contributed by atoms with Crippen molar-refractivity contribution >= 4 is 13.8 Å². The molecule has 0 bridgehead atoms. The predicted octanol–water partition coefficient (Wildman–Crippen LogP) is 0.864. The number of amides is 1. The molecule has 0 heterocycles. The Labute approximate surface area is 69.9 Å². The summed E-state index contributed by atoms with van der Waals surface area (Å²) >= 11 is 0. The van der Waals surface area contributed by atoms with Crippen LogP contribution in [0.2, 0.25) is 5.31 Å². The average molecular weight is 155 g/mol. The molecule has 0 aromatic carbocycles. The van der Waals surface area contributed by atoms with Gasteiger partial charge >= 0.3 is 0 Å². The molecule has 0 aliphatic carbocycles. The Hall–Kier alpha value is -0.465. The van der Waals surface area contributed by atoms with Gasteiger partial charge in [0.2, 0.25) is 5.91 Å². The van der Waals surface area contributed by atoms with Crippen LogP contribution in [-0.2, 0) is 4.79 Å². The third kappa shape index (κ3) is 4.07. The van der Waals surface area contributed by atoms with E-state index in [4.69, 9.17) is 5.73 Å². The number of carbonyl (C=O) groups excluding carboxylic acids is 1. The van der Waals surface area contributed by atoms with Crippen molar-refractivity contribution < 1.29 is 4.79 Å². The molecule has 64 valence electrons. The van der Waals surface area contributed by atoms with Crippen LogP contribution in [0.4, 0.5) is 0 Å². The van der Waals surface area contributed by atoms with Gasteiger partial charge in [-0.2, -0.15) is 0 Å². The smallest absolute Gasteiger partial charge is 0.215 e. The Bertz CT molecular complexity index is 134. The normalized spacial score (nSPS) is 15.8. The minimum atomic E-state index is -0.310. The van der Waals surface area contributed by atoms with Crippen LogP contribution in [0.15, 0.2) is 0 Å². The van der Waals surface area contributed by atoms with Gasteiger partial charge < -0.3 is 5.73 Å². The summed E-state index contributed by atoms with van der Waals surface area (Å²) in [4.78, 5) is 10.8. The van der Waals surface area contributed by atoms with E-state index < -0.39 is 0 Å². The maximum absolute atomic E-state index is 10.8. The fraction of sp³-hybridized carbons (Fsp3) is 0.875. The first-order valence-electron chi connectivity index (χ1n) is 4.30. The molecule has 0 spiro atoms. The monoisotopic (exact) mass is 155 g/mol. The van der Waals surface area contributed by atoms with E-state index in [1.165, 1.54) is 12.8 Å². The Morgan fingerprint density at radius 2 is 2.09 bits per heavy atom. The van der Waals surface area contributed by atoms with Gasteiger partial charge in [-0.05, 0) is 6.42 Å². The summed E-state index contributed by atoms with van der Waals surface area (Å²) in [6, 6.07) is 0. The summed E-state index contributed by atoms with van der Waals surface area (Å²) in [5, 5.41) is -0.310. The lowest BCUT2D eigenvalue weighted by Gasteiger charge is -2.19. The first-order valence-corrected chi connectivity index (χ1v) is 4.30. The van der Waals surface area contributed by atoms with Crippen molar-refractivity contribution in [2.75, 3.05) is 0 Å². The molecular weight excluding hydrogens is 137 g/mol. The van der Waals surface area contributed by atoms with E-state index in [0.717, 1.165) is 12.8 Å². The molecule has 0 fully saturated rings. The zero-order chi connectivity index (χ0) is 8.91. The van der Waals surface area contributed by atoms with Crippen LogP contribution < -0.4 is 5.73 Å². The zero-order valence-electron chi connectivity index (χ0n) is 7.81. The highest BCUT2D eigenvalue weighted by molar-refractivity contribution is 6.27. The van der Waals surface area contributed by atoms with E-state index in [0.29, 0.717) is 0 Å². The van der Waals surface area contributed by atoms with Crippen molar-refractivity contribution in [1.82, 2.24) is 0 Å². The number of nitrogens with two attached hydrogens (primary N) is 1. The lowest BCUT2D eigenvalue weighted by Crippen LogP contribution is -2.28. The number of rotatable bonds is 5. The summed E-state index contributed by atoms with van der Waals surface area (Å²) in [7, 11) is 1.91. The molecule has 2 nitrogen and oxygen atoms in total. The van der Waals surface area contributed by atoms with Crippen LogP contribution in [0.5, 0.6) is 0 Å². The fourth-order valence-corrected chi connectivity index (χ4v) is 0.940. The highest BCUT2D eigenvalue weighted by Gasteiger charge is 2.23. The summed E-state index contributed by atoms with van der Waals surface area (Å²) in [5.41, 5.74) is 5.21. The summed E-state index contributed by atoms with van der Waals surface area (Å²) in [5.74, 6) is -0.186. The third-order valence-electron chi connectivity index (χ3n) is 2.07. The Balaban J connectivity index is 3.64. The molecule has 1 amide bonds. The largest absolute Gasteiger partial charge is 0.370 e. The highest BCUT2D eigenvalue weighted by atomic mass is 16.1. The van der Waals surface area contributed by atoms with Gasteiger partial charge in [0.1, 0.15) is 7.85 Å². The quantitative estimate of drug-likeness (QED) is 0.464. The molecule has 0 radical (unpaired) electrons. The van der Waals surface area contributed by atoms with Crippen molar-refractivity contribution in [3.63, 3.8) is 0 Å². The highest BCUT2D eigenvalue weighted by Crippen LogP contribution is 2.26. The lowest BCUT2D eigenvalue weighted by atomic mass is 9.67. The molecule has 1 unspecified atom stereocenters. The van der Waals surface area contributed by atoms with Crippen molar-refractivity contribution in [3.8, 4) is 0 Å². The van der Waals surface area contributed by atoms with Crippen LogP contribution in [0.25, 0.3) is 0 Å². The van der Waals surface area contributed by atoms with E-state index in [2.05, 4.69) is 6.92 Å². The molecule has 0 saturated carbocycles. The molecule has 3 heteroatoms. The Kier molecular flexibility index (Phi) is 4.23. The standard InChI is InChI=1S/C8H18BNO/c1-3-4-5-6-8(2,9)7(10)11/h3-6,9H2,1-2H3,(H2,10,11). The van der Waals surface area contributed by atoms with Crippen LogP contribution in [0.3, 0.4) is 0 Å². The molecule has 0 aromatic rings. The first kappa shape index (κ1) is 10.5. The molecular formula is C8H18BNO. The second-order valence-electron chi connectivity index (χ2n) is 3.71. The molecule has 0 saturated heterocycles. The van der Waals surface area contributed by atoms with Crippen molar-refractivity contribution in [1.29, 1.82) is 0 Å². The average Bonchev–Trinajstić information content (AvgIpc) is 1.88. The van der Waals surface area contributed by atoms with Crippen LogP contribution in [-0.4, -0.2) is 13.8 Å². The SMILES string of the molecule is BC(C)(CCCCC)C(N)=O. The van der Waals surface area contributed by atoms with E-state index >= 15 is 0 Å². The first-order chi connectivity index (χ1) is 5.00. The van der Waals surface area contributed by atoms with Crippen LogP contribution >= 0.6 is 0 Å². The van der Waals surface area contributed by atoms with Gasteiger partial charge in [0.25, 0.3) is 0 Å². The number of primary amides is 1. The third-order valence-corrected chi connectivity index (χ3v) is 2.07. The summed E-state index contributed by atoms with van der Waals surface area (Å²) in [6.45, 7) is 4.06. The second kappa shape index (κ2) is 4.42. The van der Waals surface area contributed by atoms with Crippen molar-refractivity contribution in [2.24, 2.45) is 5.73 Å². The van der Waals surface area contributed by atoms with Gasteiger partial charge in [0, 0.05) is 5.31 Å². The molecule has 0 aromatic heterocycles. The maximum atomic E-state index is 10.8. The predicted molar refractivity (Wildman–Crippen MR) is 50.2 cm³/mol. The van der Waals surface area contributed by atoms with Gasteiger partial charge in [-0.15, -0.1) is 0 Å². The summed E-state index contributed by atoms with van der Waals surface area (Å²) in [6.07, 6.45) is 4.40. The van der Waals surface area contributed by atoms with Gasteiger partial charge in [0.05, 0.1) is 0 Å². The fourth-order valence-electron chi connectivity index (χ4n) is 0.940. The van der Waals surface area contributed by atoms with Crippen molar-refractivity contribution in [3.05, 3.63) is 0 Å². The Morgan fingerprint density at radius 3 is 2.45 bits per heavy atom. The van der Waals surface area contributed by atoms with Gasteiger partial charge in [-0.25, -0.2) is 0 Å². The van der Waals surface area contributed by atoms with Gasteiger partial charge in [-0.1, -0.05) is 33.1 Å². The summed E-state index contributed by atoms with van der Waals surface area (Å²) < 4.78 is 0. The van der Waals surface area contributed by atoms with E-state index in [1.54, 1.807) is 0 Å². The molecule has 0 aliphatic rings. The number of carbonyl (C=O) groups is 1. The molecule has 2 N–H and O–H groups in total. The van der Waals surface area contributed by atoms with Gasteiger partial charge in [0.15, 0.2) is 0 Å². The molecule has 11 heavy (non-hydrogen) atoms.